The first-order valence-electron chi connectivity index (χ1n) is 4.22. The Morgan fingerprint density at radius 1 is 1.07 bits per heavy atom. The Hall–Kier alpha value is -1.59. The van der Waals surface area contributed by atoms with E-state index in [1.54, 1.807) is 36.8 Å². The van der Waals surface area contributed by atoms with Gasteiger partial charge in [0.05, 0.1) is 0 Å². The summed E-state index contributed by atoms with van der Waals surface area (Å²) in [5, 5.41) is 0. The molecule has 1 atom stereocenters. The quantitative estimate of drug-likeness (QED) is 0.716. The van der Waals surface area contributed by atoms with Crippen LogP contribution in [0.1, 0.15) is 0 Å². The molecule has 0 N–H and O–H groups in total. The van der Waals surface area contributed by atoms with Gasteiger partial charge in [0.25, 0.3) is 0 Å². The van der Waals surface area contributed by atoms with Gasteiger partial charge in [0.2, 0.25) is 0 Å². The minimum absolute atomic E-state index is 0.185. The minimum Gasteiger partial charge on any atom is -0.768 e. The van der Waals surface area contributed by atoms with Crippen molar-refractivity contribution in [2.45, 2.75) is 4.90 Å². The van der Waals surface area contributed by atoms with Crippen LogP contribution >= 0.6 is 0 Å². The van der Waals surface area contributed by atoms with Crippen LogP contribution in [0.2, 0.25) is 0 Å². The topological polar surface area (TPSA) is 65.9 Å². The monoisotopic (exact) mass is 219 g/mol. The van der Waals surface area contributed by atoms with Crippen molar-refractivity contribution in [3.05, 3.63) is 43.0 Å². The highest BCUT2D eigenvalue weighted by molar-refractivity contribution is 7.79. The summed E-state index contributed by atoms with van der Waals surface area (Å²) in [5.41, 5.74) is 1.66. The summed E-state index contributed by atoms with van der Waals surface area (Å²) >= 11 is -2.24. The van der Waals surface area contributed by atoms with Crippen LogP contribution in [0, 0.1) is 0 Å². The molecule has 5 heteroatoms. The Balaban J connectivity index is 2.46. The van der Waals surface area contributed by atoms with E-state index < -0.39 is 11.1 Å². The third kappa shape index (κ3) is 2.26. The normalized spacial score (nSPS) is 12.3. The summed E-state index contributed by atoms with van der Waals surface area (Å²) in [4.78, 5) is 7.94. The molecule has 2 aromatic heterocycles. The first-order valence-corrected chi connectivity index (χ1v) is 5.29. The third-order valence-electron chi connectivity index (χ3n) is 1.92. The zero-order valence-electron chi connectivity index (χ0n) is 7.66. The van der Waals surface area contributed by atoms with Crippen LogP contribution in [0.4, 0.5) is 0 Å². The summed E-state index contributed by atoms with van der Waals surface area (Å²) in [6.07, 6.45) is 6.23. The number of aromatic nitrogens is 2. The van der Waals surface area contributed by atoms with E-state index in [4.69, 9.17) is 0 Å². The van der Waals surface area contributed by atoms with Gasteiger partial charge in [-0.1, -0.05) is 0 Å². The lowest BCUT2D eigenvalue weighted by atomic mass is 10.1. The van der Waals surface area contributed by atoms with Crippen molar-refractivity contribution >= 4 is 11.1 Å². The van der Waals surface area contributed by atoms with Crippen molar-refractivity contribution in [1.29, 1.82) is 0 Å². The van der Waals surface area contributed by atoms with Crippen LogP contribution in [-0.2, 0) is 11.1 Å². The Bertz CT molecular complexity index is 488. The molecule has 0 radical (unpaired) electrons. The molecule has 76 valence electrons. The second-order valence-electron chi connectivity index (χ2n) is 2.88. The Kier molecular flexibility index (Phi) is 2.84. The second-order valence-corrected chi connectivity index (χ2v) is 3.82. The van der Waals surface area contributed by atoms with Crippen molar-refractivity contribution in [2.24, 2.45) is 0 Å². The van der Waals surface area contributed by atoms with Crippen LogP contribution in [0.15, 0.2) is 47.9 Å². The summed E-state index contributed by atoms with van der Waals surface area (Å²) in [5.74, 6) is 0. The van der Waals surface area contributed by atoms with Crippen molar-refractivity contribution < 1.29 is 8.76 Å². The molecule has 0 aliphatic carbocycles. The molecule has 0 saturated carbocycles. The van der Waals surface area contributed by atoms with Crippen LogP contribution in [0.25, 0.3) is 11.1 Å². The average molecular weight is 219 g/mol. The molecule has 4 nitrogen and oxygen atoms in total. The van der Waals surface area contributed by atoms with Crippen LogP contribution in [0.3, 0.4) is 0 Å². The molecule has 2 heterocycles. The van der Waals surface area contributed by atoms with Crippen LogP contribution in [-0.4, -0.2) is 18.7 Å². The fourth-order valence-electron chi connectivity index (χ4n) is 1.21. The highest BCUT2D eigenvalue weighted by Crippen LogP contribution is 2.18. The molecule has 2 aromatic rings. The van der Waals surface area contributed by atoms with E-state index in [0.717, 1.165) is 11.1 Å². The van der Waals surface area contributed by atoms with E-state index in [1.165, 1.54) is 6.20 Å². The largest absolute Gasteiger partial charge is 0.768 e. The van der Waals surface area contributed by atoms with Gasteiger partial charge in [-0.15, -0.1) is 0 Å². The lowest BCUT2D eigenvalue weighted by Crippen LogP contribution is -1.91. The molecular weight excluding hydrogens is 212 g/mol. The molecule has 0 aliphatic heterocycles. The van der Waals surface area contributed by atoms with E-state index in [9.17, 15) is 8.76 Å². The molecule has 0 fully saturated rings. The molecule has 0 amide bonds. The minimum atomic E-state index is -2.24. The SMILES string of the molecule is O=S([O-])c1cncc(-c2ccncc2)c1. The maximum atomic E-state index is 10.7. The molecular formula is C10H7N2O2S-. The van der Waals surface area contributed by atoms with Gasteiger partial charge in [0.15, 0.2) is 0 Å². The maximum absolute atomic E-state index is 10.7. The number of pyridine rings is 2. The summed E-state index contributed by atoms with van der Waals surface area (Å²) in [6, 6.07) is 5.18. The van der Waals surface area contributed by atoms with Crippen LogP contribution in [0.5, 0.6) is 0 Å². The van der Waals surface area contributed by atoms with Gasteiger partial charge < -0.3 is 4.55 Å². The molecule has 0 saturated heterocycles. The van der Waals surface area contributed by atoms with Gasteiger partial charge in [0, 0.05) is 35.2 Å². The predicted molar refractivity (Wildman–Crippen MR) is 54.7 cm³/mol. The first kappa shape index (κ1) is 9.95. The number of rotatable bonds is 2. The fourth-order valence-corrected chi connectivity index (χ4v) is 1.58. The Labute approximate surface area is 89.3 Å². The Morgan fingerprint density at radius 3 is 2.47 bits per heavy atom. The summed E-state index contributed by atoms with van der Waals surface area (Å²) in [7, 11) is 0. The smallest absolute Gasteiger partial charge is 0.0438 e. The van der Waals surface area contributed by atoms with Crippen molar-refractivity contribution in [3.8, 4) is 11.1 Å². The molecule has 1 unspecified atom stereocenters. The molecule has 0 aromatic carbocycles. The highest BCUT2D eigenvalue weighted by atomic mass is 32.2. The highest BCUT2D eigenvalue weighted by Gasteiger charge is 1.99. The lowest BCUT2D eigenvalue weighted by Gasteiger charge is -2.06. The van der Waals surface area contributed by atoms with E-state index >= 15 is 0 Å². The molecule has 0 bridgehead atoms. The number of hydrogen-bond acceptors (Lipinski definition) is 4. The number of nitrogens with zero attached hydrogens (tertiary/aromatic N) is 2. The lowest BCUT2D eigenvalue weighted by molar-refractivity contribution is 0.536. The predicted octanol–water partition coefficient (Wildman–Crippen LogP) is 1.38. The zero-order chi connectivity index (χ0) is 10.7. The second kappa shape index (κ2) is 4.29. The van der Waals surface area contributed by atoms with E-state index in [2.05, 4.69) is 9.97 Å². The van der Waals surface area contributed by atoms with E-state index in [0.29, 0.717) is 0 Å². The van der Waals surface area contributed by atoms with Crippen molar-refractivity contribution in [3.63, 3.8) is 0 Å². The Morgan fingerprint density at radius 2 is 1.80 bits per heavy atom. The fraction of sp³-hybridized carbons (Fsp3) is 0. The van der Waals surface area contributed by atoms with Gasteiger partial charge in [-0.05, 0) is 34.8 Å². The van der Waals surface area contributed by atoms with Crippen molar-refractivity contribution in [2.75, 3.05) is 0 Å². The standard InChI is InChI=1S/C10H8N2O2S/c13-15(14)10-5-9(6-12-7-10)8-1-3-11-4-2-8/h1-7H,(H,13,14)/p-1. The molecule has 15 heavy (non-hydrogen) atoms. The van der Waals surface area contributed by atoms with Crippen molar-refractivity contribution in [1.82, 2.24) is 9.97 Å². The summed E-state index contributed by atoms with van der Waals surface area (Å²) in [6.45, 7) is 0. The van der Waals surface area contributed by atoms with Gasteiger partial charge in [-0.2, -0.15) is 0 Å². The summed E-state index contributed by atoms with van der Waals surface area (Å²) < 4.78 is 21.5. The first-order chi connectivity index (χ1) is 7.27. The zero-order valence-corrected chi connectivity index (χ0v) is 8.48. The third-order valence-corrected chi connectivity index (χ3v) is 2.53. The van der Waals surface area contributed by atoms with Crippen LogP contribution < -0.4 is 0 Å². The maximum Gasteiger partial charge on any atom is 0.0438 e. The van der Waals surface area contributed by atoms with E-state index in [1.807, 2.05) is 0 Å². The van der Waals surface area contributed by atoms with Gasteiger partial charge >= 0.3 is 0 Å². The molecule has 0 aliphatic rings. The van der Waals surface area contributed by atoms with Gasteiger partial charge in [0.1, 0.15) is 0 Å². The molecule has 2 rings (SSSR count). The molecule has 0 spiro atoms. The van der Waals surface area contributed by atoms with E-state index in [-0.39, 0.29) is 4.90 Å². The van der Waals surface area contributed by atoms with Gasteiger partial charge in [-0.3, -0.25) is 14.2 Å². The van der Waals surface area contributed by atoms with Gasteiger partial charge in [-0.25, -0.2) is 0 Å². The number of hydrogen-bond donors (Lipinski definition) is 0. The average Bonchev–Trinajstić information content (AvgIpc) is 2.30.